The number of benzene rings is 16. The molecule has 4 heteroatoms. The Labute approximate surface area is 629 Å². The van der Waals surface area contributed by atoms with Crippen molar-refractivity contribution in [3.8, 4) is 44.5 Å². The first-order valence-corrected chi connectivity index (χ1v) is 37.7. The summed E-state index contributed by atoms with van der Waals surface area (Å²) in [5.41, 5.74) is 35.2. The fourth-order valence-electron chi connectivity index (χ4n) is 19.5. The molecule has 0 N–H and O–H groups in total. The van der Waals surface area contributed by atoms with Gasteiger partial charge in [0.2, 0.25) is 0 Å². The third-order valence-electron chi connectivity index (χ3n) is 24.3. The van der Waals surface area contributed by atoms with Crippen molar-refractivity contribution in [3.63, 3.8) is 0 Å². The molecule has 18 aromatic rings. The molecule has 2 aromatic heterocycles. The van der Waals surface area contributed by atoms with Gasteiger partial charge < -0.3 is 18.6 Å². The fourth-order valence-corrected chi connectivity index (χ4v) is 19.5. The third kappa shape index (κ3) is 9.23. The molecule has 512 valence electrons. The van der Waals surface area contributed by atoms with E-state index in [1.165, 1.54) is 106 Å². The van der Waals surface area contributed by atoms with Gasteiger partial charge >= 0.3 is 0 Å². The second-order valence-corrected chi connectivity index (χ2v) is 30.5. The van der Waals surface area contributed by atoms with Gasteiger partial charge in [0.1, 0.15) is 22.3 Å². The van der Waals surface area contributed by atoms with Crippen LogP contribution in [0.25, 0.3) is 88.4 Å². The Morgan fingerprint density at radius 2 is 0.509 bits per heavy atom. The minimum absolute atomic E-state index is 0.116. The summed E-state index contributed by atoms with van der Waals surface area (Å²) in [5.74, 6) is 0. The predicted octanol–water partition coefficient (Wildman–Crippen LogP) is 27.5. The first kappa shape index (κ1) is 63.2. The monoisotopic (exact) mass is 1380 g/mol. The molecule has 0 radical (unpaired) electrons. The van der Waals surface area contributed by atoms with E-state index in [9.17, 15) is 0 Å². The van der Waals surface area contributed by atoms with E-state index in [2.05, 4.69) is 389 Å². The first-order valence-electron chi connectivity index (χ1n) is 37.7. The molecule has 0 unspecified atom stereocenters. The highest BCUT2D eigenvalue weighted by molar-refractivity contribution is 6.08. The van der Waals surface area contributed by atoms with Gasteiger partial charge in [-0.15, -0.1) is 0 Å². The smallest absolute Gasteiger partial charge is 0.137 e. The lowest BCUT2D eigenvalue weighted by atomic mass is 9.55. The van der Waals surface area contributed by atoms with Crippen LogP contribution in [0, 0.1) is 0 Å². The quantitative estimate of drug-likeness (QED) is 0.152. The van der Waals surface area contributed by atoms with E-state index in [1.807, 2.05) is 24.3 Å². The zero-order chi connectivity index (χ0) is 72.0. The van der Waals surface area contributed by atoms with Gasteiger partial charge in [-0.25, -0.2) is 0 Å². The van der Waals surface area contributed by atoms with Crippen molar-refractivity contribution >= 4 is 78.0 Å². The lowest BCUT2D eigenvalue weighted by Crippen LogP contribution is -2.40. The van der Waals surface area contributed by atoms with E-state index in [1.54, 1.807) is 0 Å². The van der Waals surface area contributed by atoms with Gasteiger partial charge in [-0.3, -0.25) is 0 Å². The number of nitrogens with zero attached hydrogens (tertiary/aromatic N) is 2. The van der Waals surface area contributed by atoms with E-state index < -0.39 is 10.8 Å². The number of rotatable bonds is 8. The summed E-state index contributed by atoms with van der Waals surface area (Å²) < 4.78 is 12.8. The standard InChI is InChI=1S/C58H41NO.C46H33NO/c1-57(2)50-22-9-11-24-52(50)58(53-25-12-10-23-51(53)57)49-21-8-6-19-45(49)46-33-29-41(36-54(46)58)40-17-14-18-43(35-40)59(42-30-27-39(28-31-42)38-15-4-3-5-16-38)44-32-34-48-47-20-7-13-26-55(47)60-56(48)37-44;1-45(2)39-19-9-11-21-41(39)46(42-22-12-10-20-40(42)45)37-18-8-6-16-33(37)36-28-31(25-27-38(36)46)47(30-14-4-3-5-15-30)32-24-26-35-34-17-7-13-23-43(34)48-44(35)29-32/h3-37H,1-2H3;3-29H,1-2H3. The molecule has 0 fully saturated rings. The van der Waals surface area contributed by atoms with Crippen LogP contribution in [0.4, 0.5) is 34.1 Å². The van der Waals surface area contributed by atoms with E-state index in [-0.39, 0.29) is 10.8 Å². The molecule has 22 rings (SSSR count). The molecule has 0 bridgehead atoms. The van der Waals surface area contributed by atoms with E-state index >= 15 is 0 Å². The van der Waals surface area contributed by atoms with Crippen LogP contribution in [0.15, 0.2) is 385 Å². The highest BCUT2D eigenvalue weighted by atomic mass is 16.3. The Hall–Kier alpha value is -13.3. The van der Waals surface area contributed by atoms with Gasteiger partial charge in [0, 0.05) is 78.6 Å². The van der Waals surface area contributed by atoms with Crippen LogP contribution >= 0.6 is 0 Å². The Morgan fingerprint density at radius 3 is 1.04 bits per heavy atom. The van der Waals surface area contributed by atoms with Gasteiger partial charge in [-0.05, 0) is 202 Å². The van der Waals surface area contributed by atoms with Crippen molar-refractivity contribution in [1.29, 1.82) is 0 Å². The highest BCUT2D eigenvalue weighted by Gasteiger charge is 2.55. The lowest BCUT2D eigenvalue weighted by molar-refractivity contribution is 0.563. The Balaban J connectivity index is 0.000000141. The molecule has 4 nitrogen and oxygen atoms in total. The number of para-hydroxylation sites is 3. The number of hydrogen-bond acceptors (Lipinski definition) is 4. The Morgan fingerprint density at radius 1 is 0.185 bits per heavy atom. The molecule has 16 aromatic carbocycles. The minimum atomic E-state index is -0.448. The molecule has 0 aliphatic heterocycles. The molecular formula is C104H74N2O2. The molecule has 108 heavy (non-hydrogen) atoms. The van der Waals surface area contributed by atoms with Crippen molar-refractivity contribution in [1.82, 2.24) is 0 Å². The van der Waals surface area contributed by atoms with E-state index in [4.69, 9.17) is 8.83 Å². The molecular weight excluding hydrogens is 1310 g/mol. The first-order chi connectivity index (χ1) is 53.1. The summed E-state index contributed by atoms with van der Waals surface area (Å²) in [6.45, 7) is 9.51. The summed E-state index contributed by atoms with van der Waals surface area (Å²) in [5, 5.41) is 4.51. The maximum atomic E-state index is 6.45. The van der Waals surface area contributed by atoms with Gasteiger partial charge in [-0.2, -0.15) is 0 Å². The maximum Gasteiger partial charge on any atom is 0.137 e. The van der Waals surface area contributed by atoms with Crippen LogP contribution in [0.2, 0.25) is 0 Å². The molecule has 0 saturated carbocycles. The maximum absolute atomic E-state index is 6.45. The van der Waals surface area contributed by atoms with Crippen molar-refractivity contribution in [3.05, 3.63) is 443 Å². The topological polar surface area (TPSA) is 32.8 Å². The van der Waals surface area contributed by atoms with Gasteiger partial charge in [0.15, 0.2) is 0 Å². The predicted molar refractivity (Wildman–Crippen MR) is 447 cm³/mol. The van der Waals surface area contributed by atoms with Crippen molar-refractivity contribution in [2.24, 2.45) is 0 Å². The van der Waals surface area contributed by atoms with E-state index in [0.29, 0.717) is 0 Å². The zero-order valence-electron chi connectivity index (χ0n) is 60.5. The summed E-state index contributed by atoms with van der Waals surface area (Å²) in [4.78, 5) is 4.71. The van der Waals surface area contributed by atoms with Crippen LogP contribution < -0.4 is 9.80 Å². The fraction of sp³-hybridized carbons (Fsp3) is 0.0769. The number of hydrogen-bond donors (Lipinski definition) is 0. The summed E-state index contributed by atoms with van der Waals surface area (Å²) in [7, 11) is 0. The van der Waals surface area contributed by atoms with Crippen LogP contribution in [-0.4, -0.2) is 0 Å². The number of anilines is 6. The summed E-state index contributed by atoms with van der Waals surface area (Å²) in [6, 6.07) is 138. The Bertz CT molecular complexity index is 6550. The summed E-state index contributed by atoms with van der Waals surface area (Å²) >= 11 is 0. The summed E-state index contributed by atoms with van der Waals surface area (Å²) in [6.07, 6.45) is 0. The number of fused-ring (bicyclic) bond motifs is 24. The van der Waals surface area contributed by atoms with Crippen LogP contribution in [-0.2, 0) is 21.7 Å². The molecule has 0 atom stereocenters. The molecule has 2 heterocycles. The molecule has 4 aliphatic carbocycles. The SMILES string of the molecule is CC1(C)c2ccccc2C2(c3ccccc3-c3cc(N(c4ccccc4)c4ccc5c(c4)oc4ccccc45)ccc32)c2ccccc21.CC1(C)c2ccccc2C2(c3ccccc3-c3ccc(-c4cccc(N(c5ccc(-c6ccccc6)cc5)c5ccc6c(c5)oc5ccccc56)c4)cc32)c2ccccc21. The average Bonchev–Trinajstić information content (AvgIpc) is 1.48. The normalized spacial score (nSPS) is 14.4. The van der Waals surface area contributed by atoms with Gasteiger partial charge in [-0.1, -0.05) is 301 Å². The van der Waals surface area contributed by atoms with Gasteiger partial charge in [0.05, 0.1) is 10.8 Å². The Kier molecular flexibility index (Phi) is 14.1. The van der Waals surface area contributed by atoms with Crippen LogP contribution in [0.1, 0.15) is 94.5 Å². The van der Waals surface area contributed by atoms with Crippen LogP contribution in [0.5, 0.6) is 0 Å². The third-order valence-corrected chi connectivity index (χ3v) is 24.3. The second-order valence-electron chi connectivity index (χ2n) is 30.5. The molecule has 0 amide bonds. The zero-order valence-corrected chi connectivity index (χ0v) is 60.5. The van der Waals surface area contributed by atoms with E-state index in [0.717, 1.165) is 83.6 Å². The largest absolute Gasteiger partial charge is 0.456 e. The number of furan rings is 2. The van der Waals surface area contributed by atoms with Crippen molar-refractivity contribution in [2.45, 2.75) is 49.4 Å². The highest BCUT2D eigenvalue weighted by Crippen LogP contribution is 2.65. The van der Waals surface area contributed by atoms with Crippen molar-refractivity contribution in [2.75, 3.05) is 9.80 Å². The minimum Gasteiger partial charge on any atom is -0.456 e. The second kappa shape index (κ2) is 24.1. The molecule has 2 spiro atoms. The lowest BCUT2D eigenvalue weighted by Gasteiger charge is -2.46. The van der Waals surface area contributed by atoms with Crippen molar-refractivity contribution < 1.29 is 8.83 Å². The molecule has 0 saturated heterocycles. The van der Waals surface area contributed by atoms with Crippen LogP contribution in [0.3, 0.4) is 0 Å². The van der Waals surface area contributed by atoms with Gasteiger partial charge in [0.25, 0.3) is 0 Å². The average molecular weight is 1380 g/mol. The molecule has 4 aliphatic rings.